The second-order valence-electron chi connectivity index (χ2n) is 30.2. The average molecular weight is 1870 g/mol. The summed E-state index contributed by atoms with van der Waals surface area (Å²) in [4.78, 5) is 125. The highest BCUT2D eigenvalue weighted by molar-refractivity contribution is 7.21. The van der Waals surface area contributed by atoms with Crippen molar-refractivity contribution in [3.63, 3.8) is 0 Å². The van der Waals surface area contributed by atoms with Gasteiger partial charge >= 0.3 is 11.9 Å². The Bertz CT molecular complexity index is 7520. The Morgan fingerprint density at radius 3 is 1.02 bits per heavy atom. The number of carbonyl (C=O) groups is 7. The number of hydrogen-bond acceptors (Lipinski definition) is 24. The number of benzene rings is 9. The third-order valence-corrected chi connectivity index (χ3v) is 22.7. The molecule has 0 fully saturated rings. The Balaban J connectivity index is 0.000000124. The molecule has 11 aromatic heterocycles. The molecular weight excluding hydrogens is 1790 g/mol. The number of nitrogens with one attached hydrogen (secondary N) is 5. The van der Waals surface area contributed by atoms with Gasteiger partial charge in [0.25, 0.3) is 29.5 Å². The third-order valence-electron chi connectivity index (χ3n) is 21.3. The molecule has 0 saturated carbocycles. The first-order valence-corrected chi connectivity index (χ1v) is 43.1. The Kier molecular flexibility index (Phi) is 27.9. The fraction of sp³-hybridized carbons (Fsp3) is 0.0769. The van der Waals surface area contributed by atoms with Crippen LogP contribution in [0.5, 0.6) is 0 Å². The van der Waals surface area contributed by atoms with Crippen LogP contribution in [0.3, 0.4) is 0 Å². The SMILES string of the molecule is COC(=O)c1cc2oc(C(=O)OC)c(-c3ccc(NC(=O)c4ccccc4C)nc3)c2s1.Cc1ccccc1C(=O)Nc1cnc(-c2c(C)oc3ccccc23)cn1.Cc1oc2ccccc2c1-c1cnc(NC(=O)c2c(F)cccc2F)cn1.Cc1oc2ccccc2c1-c1cnc(NC(=O)c2ccccc2Cl)cn1.Cc1oc2ccccc2c1-c1cnc(NC(=O)c2ccccc2F)cn1. The lowest BCUT2D eigenvalue weighted by atomic mass is 10.1. The number of aromatic nitrogens is 9. The summed E-state index contributed by atoms with van der Waals surface area (Å²) in [6, 6.07) is 66.2. The summed E-state index contributed by atoms with van der Waals surface area (Å²) in [7, 11) is 2.55. The minimum Gasteiger partial charge on any atom is -0.465 e. The molecule has 0 aliphatic heterocycles. The zero-order valence-electron chi connectivity index (χ0n) is 73.8. The van der Waals surface area contributed by atoms with Crippen LogP contribution in [0.4, 0.5) is 42.3 Å². The van der Waals surface area contributed by atoms with Gasteiger partial charge in [0.15, 0.2) is 23.3 Å². The molecule has 9 aromatic carbocycles. The summed E-state index contributed by atoms with van der Waals surface area (Å²) < 4.78 is 79.9. The first-order valence-electron chi connectivity index (χ1n) is 41.9. The van der Waals surface area contributed by atoms with Crippen LogP contribution in [0.25, 0.3) is 110 Å². The topological polar surface area (TPSA) is 380 Å². The van der Waals surface area contributed by atoms with Crippen LogP contribution >= 0.6 is 22.9 Å². The van der Waals surface area contributed by atoms with E-state index in [1.807, 2.05) is 169 Å². The van der Waals surface area contributed by atoms with E-state index in [0.29, 0.717) is 94.0 Å². The Labute approximate surface area is 786 Å². The smallest absolute Gasteiger partial charge is 0.374 e. The molecule has 0 aliphatic carbocycles. The molecule has 0 saturated heterocycles. The molecule has 137 heavy (non-hydrogen) atoms. The highest BCUT2D eigenvalue weighted by atomic mass is 35.5. The fourth-order valence-electron chi connectivity index (χ4n) is 14.8. The van der Waals surface area contributed by atoms with E-state index < -0.39 is 46.8 Å². The van der Waals surface area contributed by atoms with Gasteiger partial charge in [-0.2, -0.15) is 0 Å². The van der Waals surface area contributed by atoms with Crippen LogP contribution < -0.4 is 26.6 Å². The number of furan rings is 5. The van der Waals surface area contributed by atoms with E-state index in [9.17, 15) is 46.7 Å². The number of hydrogen-bond donors (Lipinski definition) is 5. The van der Waals surface area contributed by atoms with Crippen molar-refractivity contribution in [1.82, 2.24) is 44.9 Å². The molecule has 0 aliphatic rings. The lowest BCUT2D eigenvalue weighted by molar-refractivity contribution is 0.0567. The number of methoxy groups -OCH3 is 2. The van der Waals surface area contributed by atoms with Crippen LogP contribution in [-0.4, -0.2) is 101 Å². The normalized spacial score (nSPS) is 10.8. The monoisotopic (exact) mass is 1870 g/mol. The van der Waals surface area contributed by atoms with E-state index in [4.69, 9.17) is 43.2 Å². The quantitative estimate of drug-likeness (QED) is 0.0529. The Hall–Kier alpha value is -17.8. The molecule has 11 heterocycles. The van der Waals surface area contributed by atoms with Crippen molar-refractivity contribution in [1.29, 1.82) is 0 Å². The molecular formula is C104H76ClF3N14O14S. The van der Waals surface area contributed by atoms with Crippen molar-refractivity contribution in [2.24, 2.45) is 0 Å². The number of halogens is 4. The van der Waals surface area contributed by atoms with Crippen molar-refractivity contribution in [3.8, 4) is 56.2 Å². The number of nitrogens with zero attached hydrogens (tertiary/aromatic N) is 9. The molecule has 5 amide bonds. The molecule has 0 atom stereocenters. The number of rotatable bonds is 17. The molecule has 5 N–H and O–H groups in total. The van der Waals surface area contributed by atoms with Gasteiger partial charge in [0, 0.05) is 50.5 Å². The van der Waals surface area contributed by atoms with Gasteiger partial charge in [-0.15, -0.1) is 11.3 Å². The number of thiophene rings is 1. The number of carbonyl (C=O) groups excluding carboxylic acids is 7. The molecule has 28 nitrogen and oxygen atoms in total. The second kappa shape index (κ2) is 41.3. The van der Waals surface area contributed by atoms with Crippen LogP contribution in [0, 0.1) is 59.0 Å². The number of ether oxygens (including phenoxy) is 2. The molecule has 33 heteroatoms. The summed E-state index contributed by atoms with van der Waals surface area (Å²) in [5.41, 5.74) is 13.2. The summed E-state index contributed by atoms with van der Waals surface area (Å²) in [5.74, 6) is -1.52. The molecule has 0 unspecified atom stereocenters. The summed E-state index contributed by atoms with van der Waals surface area (Å²) in [5, 5.41) is 17.3. The highest BCUT2D eigenvalue weighted by Gasteiger charge is 2.29. The zero-order chi connectivity index (χ0) is 96.1. The van der Waals surface area contributed by atoms with Crippen LogP contribution in [0.2, 0.25) is 5.02 Å². The van der Waals surface area contributed by atoms with Crippen molar-refractivity contribution in [2.45, 2.75) is 41.5 Å². The fourth-order valence-corrected chi connectivity index (χ4v) is 16.1. The maximum Gasteiger partial charge on any atom is 0.374 e. The standard InChI is InChI=1S/C23H18N2O6S.C21H17N3O2.C20H14ClN3O2.C20H13F2N3O2.C20H14FN3O2/c1-12-6-4-5-7-14(12)21(26)25-17-9-8-13(11-24-17)18-19(23(28)30-3)31-15-10-16(22(27)29-2)32-20(15)18;1-13-7-3-4-8-15(13)21(25)24-19-12-22-17(11-23-19)20-14(2)26-18-10-6-5-9-16(18)20;1-12-19(14-7-3-5-9-17(14)26-12)16-10-23-18(11-22-16)24-20(25)13-6-2-4-8-15(13)21;1-11-18(12-5-2-3-8-16(12)27-11)15-9-24-17(10-23-15)25-20(26)19-13(21)6-4-7-14(19)22;1-12-19(14-7-3-5-9-17(14)26-12)16-10-23-18(11-22-16)24-20(25)13-6-2-4-8-15(13)21/h4-11H,1-3H3,(H,24,25,26);3-12H,1-2H3,(H,23,24,25);2-11H,1H3,(H,23,24,25);2-10H,1H3,(H,24,25,26);2-11H,1H3,(H,23,24,25). The zero-order valence-corrected chi connectivity index (χ0v) is 75.4. The van der Waals surface area contributed by atoms with Gasteiger partial charge in [-0.1, -0.05) is 151 Å². The number of fused-ring (bicyclic) bond motifs is 5. The molecule has 680 valence electrons. The Morgan fingerprint density at radius 1 is 0.314 bits per heavy atom. The number of aryl methyl sites for hydroxylation is 6. The van der Waals surface area contributed by atoms with Crippen molar-refractivity contribution < 1.29 is 78.3 Å². The first kappa shape index (κ1) is 92.5. The third kappa shape index (κ3) is 20.6. The predicted octanol–water partition coefficient (Wildman–Crippen LogP) is 23.9. The van der Waals surface area contributed by atoms with E-state index in [0.717, 1.165) is 118 Å². The number of para-hydroxylation sites is 4. The van der Waals surface area contributed by atoms with Crippen LogP contribution in [0.15, 0.2) is 308 Å². The van der Waals surface area contributed by atoms with Crippen LogP contribution in [-0.2, 0) is 9.47 Å². The Morgan fingerprint density at radius 2 is 0.650 bits per heavy atom. The molecule has 0 spiro atoms. The molecule has 20 rings (SSSR count). The van der Waals surface area contributed by atoms with Crippen molar-refractivity contribution in [3.05, 3.63) is 381 Å². The highest BCUT2D eigenvalue weighted by Crippen LogP contribution is 2.43. The largest absolute Gasteiger partial charge is 0.465 e. The maximum absolute atomic E-state index is 13.7. The molecule has 0 radical (unpaired) electrons. The first-order chi connectivity index (χ1) is 66.4. The molecule has 0 bridgehead atoms. The number of amides is 5. The maximum atomic E-state index is 13.7. The molecule has 20 aromatic rings. The minimum atomic E-state index is -0.947. The van der Waals surface area contributed by atoms with E-state index in [2.05, 4.69) is 71.4 Å². The second-order valence-corrected chi connectivity index (χ2v) is 31.7. The van der Waals surface area contributed by atoms with Gasteiger partial charge < -0.3 is 58.1 Å². The van der Waals surface area contributed by atoms with Gasteiger partial charge in [0.2, 0.25) is 5.76 Å². The number of anilines is 5. The lowest BCUT2D eigenvalue weighted by Gasteiger charge is -2.08. The summed E-state index contributed by atoms with van der Waals surface area (Å²) >= 11 is 7.18. The van der Waals surface area contributed by atoms with Crippen molar-refractivity contribution in [2.75, 3.05) is 40.8 Å². The van der Waals surface area contributed by atoms with E-state index in [-0.39, 0.29) is 40.7 Å². The summed E-state index contributed by atoms with van der Waals surface area (Å²) in [6.07, 6.45) is 13.7. The van der Waals surface area contributed by atoms with Crippen LogP contribution in [0.1, 0.15) is 106 Å². The van der Waals surface area contributed by atoms with Gasteiger partial charge in [0.1, 0.15) is 84.7 Å². The predicted molar refractivity (Wildman–Crippen MR) is 514 cm³/mol. The minimum absolute atomic E-state index is 0.00339. The lowest BCUT2D eigenvalue weighted by Crippen LogP contribution is -2.16. The van der Waals surface area contributed by atoms with Gasteiger partial charge in [0.05, 0.1) is 135 Å². The van der Waals surface area contributed by atoms with Gasteiger partial charge in [-0.05, 0) is 138 Å². The average Bonchev–Trinajstić information content (AvgIpc) is 1.60. The van der Waals surface area contributed by atoms with E-state index >= 15 is 0 Å². The van der Waals surface area contributed by atoms with E-state index in [1.54, 1.807) is 85.5 Å². The van der Waals surface area contributed by atoms with Gasteiger partial charge in [-0.3, -0.25) is 43.9 Å². The van der Waals surface area contributed by atoms with Crippen molar-refractivity contribution >= 4 is 148 Å². The van der Waals surface area contributed by atoms with Gasteiger partial charge in [-0.25, -0.2) is 47.7 Å². The number of pyridine rings is 1. The van der Waals surface area contributed by atoms with E-state index in [1.165, 1.54) is 75.5 Å². The summed E-state index contributed by atoms with van der Waals surface area (Å²) in [6.45, 7) is 11.2. The number of esters is 2.